The van der Waals surface area contributed by atoms with Crippen LogP contribution >= 0.6 is 0 Å². The van der Waals surface area contributed by atoms with Crippen LogP contribution in [-0.4, -0.2) is 68.3 Å². The summed E-state index contributed by atoms with van der Waals surface area (Å²) in [7, 11) is 0. The van der Waals surface area contributed by atoms with E-state index in [1.54, 1.807) is 0 Å². The number of hydrogen-bond acceptors (Lipinski definition) is 5. The Hall–Kier alpha value is -0.490. The molecule has 0 bridgehead atoms. The number of hydrogen-bond donors (Lipinski definition) is 1. The highest BCUT2D eigenvalue weighted by atomic mass is 16.5. The van der Waals surface area contributed by atoms with E-state index in [2.05, 4.69) is 15.3 Å². The number of aldehydes is 1. The molecule has 1 atom stereocenters. The van der Waals surface area contributed by atoms with Gasteiger partial charge in [-0.2, -0.15) is 0 Å². The Morgan fingerprint density at radius 1 is 1.21 bits per heavy atom. The lowest BCUT2D eigenvalue weighted by molar-refractivity contribution is -0.120. The molecule has 2 saturated heterocycles. The summed E-state index contributed by atoms with van der Waals surface area (Å²) in [6.07, 6.45) is 0.993. The molecule has 1 N–H and O–H groups in total. The van der Waals surface area contributed by atoms with Crippen molar-refractivity contribution in [2.45, 2.75) is 6.04 Å². The molecule has 2 rings (SSSR count). The number of morpholine rings is 1. The predicted octanol–water partition coefficient (Wildman–Crippen LogP) is -1.29. The largest absolute Gasteiger partial charge is 0.379 e. The highest BCUT2D eigenvalue weighted by Crippen LogP contribution is 2.05. The highest BCUT2D eigenvalue weighted by molar-refractivity contribution is 5.58. The van der Waals surface area contributed by atoms with Crippen LogP contribution in [0.3, 0.4) is 0 Å². The van der Waals surface area contributed by atoms with E-state index in [9.17, 15) is 4.79 Å². The zero-order chi connectivity index (χ0) is 9.80. The minimum absolute atomic E-state index is 0.00778. The van der Waals surface area contributed by atoms with Gasteiger partial charge in [-0.1, -0.05) is 0 Å². The van der Waals surface area contributed by atoms with E-state index in [0.717, 1.165) is 52.2 Å². The van der Waals surface area contributed by atoms with Gasteiger partial charge in [0, 0.05) is 32.7 Å². The van der Waals surface area contributed by atoms with Crippen molar-refractivity contribution < 1.29 is 9.53 Å². The van der Waals surface area contributed by atoms with Crippen LogP contribution in [0.2, 0.25) is 0 Å². The first-order chi connectivity index (χ1) is 6.90. The Balaban J connectivity index is 1.86. The number of piperazine rings is 1. The third kappa shape index (κ3) is 2.30. The van der Waals surface area contributed by atoms with Crippen molar-refractivity contribution in [3.8, 4) is 0 Å². The third-order valence-electron chi connectivity index (χ3n) is 2.74. The Morgan fingerprint density at radius 2 is 2.00 bits per heavy atom. The second-order valence-electron chi connectivity index (χ2n) is 3.68. The Labute approximate surface area is 84.0 Å². The number of nitrogens with zero attached hydrogens (tertiary/aromatic N) is 2. The first-order valence-corrected chi connectivity index (χ1v) is 5.16. The topological polar surface area (TPSA) is 44.8 Å². The quantitative estimate of drug-likeness (QED) is 0.560. The molecular weight excluding hydrogens is 182 g/mol. The zero-order valence-electron chi connectivity index (χ0n) is 8.32. The van der Waals surface area contributed by atoms with Crippen LogP contribution in [0.15, 0.2) is 0 Å². The summed E-state index contributed by atoms with van der Waals surface area (Å²) in [4.78, 5) is 10.7. The molecule has 2 aliphatic heterocycles. The summed E-state index contributed by atoms with van der Waals surface area (Å²) in [5.41, 5.74) is 0. The molecule has 5 nitrogen and oxygen atoms in total. The number of carbonyl (C=O) groups excluding carboxylic acids is 1. The van der Waals surface area contributed by atoms with Crippen molar-refractivity contribution in [2.75, 3.05) is 45.9 Å². The van der Waals surface area contributed by atoms with Gasteiger partial charge in [0.1, 0.15) is 6.29 Å². The number of hydrazine groups is 1. The molecule has 0 spiro atoms. The maximum Gasteiger partial charge on any atom is 0.138 e. The summed E-state index contributed by atoms with van der Waals surface area (Å²) < 4.78 is 5.29. The lowest BCUT2D eigenvalue weighted by atomic mass is 10.2. The van der Waals surface area contributed by atoms with Crippen LogP contribution in [0.5, 0.6) is 0 Å². The van der Waals surface area contributed by atoms with Crippen LogP contribution < -0.4 is 5.32 Å². The summed E-state index contributed by atoms with van der Waals surface area (Å²) in [5, 5.41) is 7.72. The molecule has 5 heteroatoms. The van der Waals surface area contributed by atoms with Gasteiger partial charge in [-0.15, -0.1) is 0 Å². The molecule has 0 aromatic heterocycles. The molecule has 0 aliphatic carbocycles. The second kappa shape index (κ2) is 4.84. The van der Waals surface area contributed by atoms with E-state index >= 15 is 0 Å². The Morgan fingerprint density at radius 3 is 2.71 bits per heavy atom. The van der Waals surface area contributed by atoms with Gasteiger partial charge in [0.05, 0.1) is 19.3 Å². The summed E-state index contributed by atoms with van der Waals surface area (Å²) in [5.74, 6) is 0. The molecule has 0 aromatic carbocycles. The predicted molar refractivity (Wildman–Crippen MR) is 51.8 cm³/mol. The van der Waals surface area contributed by atoms with Crippen LogP contribution in [0.1, 0.15) is 0 Å². The first kappa shape index (κ1) is 10.0. The molecule has 2 heterocycles. The lowest BCUT2D eigenvalue weighted by Crippen LogP contribution is -2.59. The third-order valence-corrected chi connectivity index (χ3v) is 2.74. The molecule has 0 amide bonds. The van der Waals surface area contributed by atoms with Crippen LogP contribution in [0.25, 0.3) is 0 Å². The maximum atomic E-state index is 10.7. The molecule has 0 aromatic rings. The average Bonchev–Trinajstić information content (AvgIpc) is 2.30. The minimum Gasteiger partial charge on any atom is -0.379 e. The number of carbonyl (C=O) groups is 1. The van der Waals surface area contributed by atoms with Gasteiger partial charge in [-0.05, 0) is 0 Å². The van der Waals surface area contributed by atoms with Crippen molar-refractivity contribution in [1.82, 2.24) is 15.3 Å². The van der Waals surface area contributed by atoms with E-state index in [1.165, 1.54) is 0 Å². The van der Waals surface area contributed by atoms with Crippen LogP contribution in [0, 0.1) is 0 Å². The lowest BCUT2D eigenvalue weighted by Gasteiger charge is -2.41. The molecule has 2 aliphatic rings. The smallest absolute Gasteiger partial charge is 0.138 e. The fraction of sp³-hybridized carbons (Fsp3) is 0.889. The number of rotatable bonds is 2. The molecular formula is C9H17N3O2. The van der Waals surface area contributed by atoms with E-state index in [-0.39, 0.29) is 6.04 Å². The average molecular weight is 199 g/mol. The van der Waals surface area contributed by atoms with Gasteiger partial charge >= 0.3 is 0 Å². The van der Waals surface area contributed by atoms with Gasteiger partial charge in [0.2, 0.25) is 0 Å². The van der Waals surface area contributed by atoms with Crippen LogP contribution in [-0.2, 0) is 9.53 Å². The van der Waals surface area contributed by atoms with E-state index in [0.29, 0.717) is 0 Å². The fourth-order valence-corrected chi connectivity index (χ4v) is 1.95. The molecule has 0 radical (unpaired) electrons. The van der Waals surface area contributed by atoms with Crippen molar-refractivity contribution in [2.24, 2.45) is 0 Å². The normalized spacial score (nSPS) is 31.6. The van der Waals surface area contributed by atoms with Crippen molar-refractivity contribution >= 4 is 6.29 Å². The zero-order valence-corrected chi connectivity index (χ0v) is 8.32. The summed E-state index contributed by atoms with van der Waals surface area (Å²) in [6.45, 7) is 6.18. The number of nitrogens with one attached hydrogen (secondary N) is 1. The van der Waals surface area contributed by atoms with Crippen molar-refractivity contribution in [3.05, 3.63) is 0 Å². The fourth-order valence-electron chi connectivity index (χ4n) is 1.95. The maximum absolute atomic E-state index is 10.7. The standard InChI is InChI=1S/C9H17N3O2/c13-8-9-7-12(2-1-10-9)11-3-5-14-6-4-11/h8-10H,1-7H2. The van der Waals surface area contributed by atoms with Crippen LogP contribution in [0.4, 0.5) is 0 Å². The Kier molecular flexibility index (Phi) is 3.47. The summed E-state index contributed by atoms with van der Waals surface area (Å²) >= 11 is 0. The molecule has 14 heavy (non-hydrogen) atoms. The molecule has 0 saturated carbocycles. The van der Waals surface area contributed by atoms with E-state index in [1.807, 2.05) is 0 Å². The minimum atomic E-state index is -0.00778. The number of ether oxygens (including phenoxy) is 1. The van der Waals surface area contributed by atoms with Gasteiger partial charge in [0.15, 0.2) is 0 Å². The highest BCUT2D eigenvalue weighted by Gasteiger charge is 2.24. The summed E-state index contributed by atoms with van der Waals surface area (Å²) in [6, 6.07) is -0.00778. The molecule has 80 valence electrons. The van der Waals surface area contributed by atoms with Gasteiger partial charge in [-0.25, -0.2) is 10.0 Å². The Bertz CT molecular complexity index is 194. The van der Waals surface area contributed by atoms with E-state index < -0.39 is 0 Å². The van der Waals surface area contributed by atoms with E-state index in [4.69, 9.17) is 4.74 Å². The second-order valence-corrected chi connectivity index (χ2v) is 3.68. The van der Waals surface area contributed by atoms with Gasteiger partial charge in [-0.3, -0.25) is 0 Å². The van der Waals surface area contributed by atoms with Crippen molar-refractivity contribution in [3.63, 3.8) is 0 Å². The van der Waals surface area contributed by atoms with Gasteiger partial charge in [0.25, 0.3) is 0 Å². The molecule has 2 fully saturated rings. The monoisotopic (exact) mass is 199 g/mol. The van der Waals surface area contributed by atoms with Crippen molar-refractivity contribution in [1.29, 1.82) is 0 Å². The SMILES string of the molecule is O=CC1CN(N2CCOCC2)CCN1. The van der Waals surface area contributed by atoms with Gasteiger partial charge < -0.3 is 14.8 Å². The molecule has 1 unspecified atom stereocenters. The first-order valence-electron chi connectivity index (χ1n) is 5.16.